The Balaban J connectivity index is 1.58. The first-order valence-electron chi connectivity index (χ1n) is 10.9. The molecule has 0 aliphatic carbocycles. The van der Waals surface area contributed by atoms with Gasteiger partial charge in [-0.15, -0.1) is 0 Å². The summed E-state index contributed by atoms with van der Waals surface area (Å²) in [6.07, 6.45) is -0.966. The van der Waals surface area contributed by atoms with E-state index in [1.54, 1.807) is 17.2 Å². The zero-order valence-corrected chi connectivity index (χ0v) is 18.8. The van der Waals surface area contributed by atoms with Crippen LogP contribution in [0.25, 0.3) is 0 Å². The van der Waals surface area contributed by atoms with Crippen LogP contribution in [0.1, 0.15) is 17.2 Å². The maximum Gasteiger partial charge on any atom is 0.262 e. The van der Waals surface area contributed by atoms with Crippen LogP contribution in [0, 0.1) is 5.92 Å². The zero-order chi connectivity index (χ0) is 23.8. The highest BCUT2D eigenvalue weighted by atomic mass is 16.7. The Morgan fingerprint density at radius 1 is 0.882 bits per heavy atom. The number of carbonyl (C=O) groups excluding carboxylic acids is 2. The van der Waals surface area contributed by atoms with E-state index < -0.39 is 18.1 Å². The number of methoxy groups -OCH3 is 2. The number of likely N-dealkylation sites (tertiary alicyclic amines) is 1. The average molecular weight is 460 g/mol. The third-order valence-corrected chi connectivity index (χ3v) is 6.24. The number of ether oxygens (including phenoxy) is 2. The number of rotatable bonds is 6. The fraction of sp³-hybridized carbons (Fsp3) is 0.231. The van der Waals surface area contributed by atoms with Gasteiger partial charge in [0.15, 0.2) is 17.6 Å². The molecule has 0 radical (unpaired) electrons. The Bertz CT molecular complexity index is 1190. The van der Waals surface area contributed by atoms with Gasteiger partial charge in [-0.3, -0.25) is 19.3 Å². The van der Waals surface area contributed by atoms with Crippen LogP contribution in [0.2, 0.25) is 0 Å². The van der Waals surface area contributed by atoms with E-state index in [1.807, 2.05) is 60.7 Å². The highest BCUT2D eigenvalue weighted by Gasteiger charge is 2.60. The summed E-state index contributed by atoms with van der Waals surface area (Å²) in [7, 11) is 2.88. The molecule has 3 aromatic rings. The summed E-state index contributed by atoms with van der Waals surface area (Å²) >= 11 is 0. The Kier molecular flexibility index (Phi) is 5.59. The molecule has 2 saturated heterocycles. The van der Waals surface area contributed by atoms with E-state index >= 15 is 0 Å². The van der Waals surface area contributed by atoms with Crippen molar-refractivity contribution in [2.75, 3.05) is 19.3 Å². The van der Waals surface area contributed by atoms with Gasteiger partial charge in [-0.2, -0.15) is 0 Å². The maximum absolute atomic E-state index is 13.6. The number of imide groups is 1. The normalized spacial score (nSPS) is 21.6. The smallest absolute Gasteiger partial charge is 0.262 e. The molecule has 2 fully saturated rings. The molecule has 3 atom stereocenters. The number of benzene rings is 3. The summed E-state index contributed by atoms with van der Waals surface area (Å²) in [5, 5.41) is 12.0. The molecule has 0 aromatic heterocycles. The Hall–Kier alpha value is -4.04. The lowest BCUT2D eigenvalue weighted by molar-refractivity contribution is -0.143. The molecule has 8 heteroatoms. The van der Waals surface area contributed by atoms with Gasteiger partial charge in [-0.05, 0) is 35.4 Å². The van der Waals surface area contributed by atoms with Crippen molar-refractivity contribution < 1.29 is 29.0 Å². The van der Waals surface area contributed by atoms with Gasteiger partial charge in [0, 0.05) is 0 Å². The fourth-order valence-corrected chi connectivity index (χ4v) is 4.62. The Morgan fingerprint density at radius 3 is 2.06 bits per heavy atom. The first-order valence-corrected chi connectivity index (χ1v) is 10.9. The number of carbonyl (C=O) groups is 2. The largest absolute Gasteiger partial charge is 0.502 e. The van der Waals surface area contributed by atoms with E-state index in [-0.39, 0.29) is 35.6 Å². The molecule has 2 heterocycles. The molecule has 0 unspecified atom stereocenters. The van der Waals surface area contributed by atoms with Crippen molar-refractivity contribution in [3.05, 3.63) is 83.9 Å². The number of phenols is 1. The summed E-state index contributed by atoms with van der Waals surface area (Å²) in [6.45, 7) is 0.176. The number of hydroxylamine groups is 1. The van der Waals surface area contributed by atoms with Gasteiger partial charge < -0.3 is 14.6 Å². The van der Waals surface area contributed by atoms with Gasteiger partial charge in [0.1, 0.15) is 5.92 Å². The molecule has 3 aromatic carbocycles. The lowest BCUT2D eigenvalue weighted by atomic mass is 9.90. The van der Waals surface area contributed by atoms with Gasteiger partial charge in [0.05, 0.1) is 32.5 Å². The number of hydrogen-bond donors (Lipinski definition) is 1. The van der Waals surface area contributed by atoms with Gasteiger partial charge in [0.2, 0.25) is 11.7 Å². The highest BCUT2D eigenvalue weighted by molar-refractivity contribution is 6.07. The third-order valence-electron chi connectivity index (χ3n) is 6.24. The van der Waals surface area contributed by atoms with E-state index in [4.69, 9.17) is 14.3 Å². The molecule has 5 rings (SSSR count). The van der Waals surface area contributed by atoms with Crippen LogP contribution in [0.15, 0.2) is 72.8 Å². The molecule has 1 N–H and O–H groups in total. The van der Waals surface area contributed by atoms with Crippen molar-refractivity contribution in [2.24, 2.45) is 5.92 Å². The molecule has 0 spiro atoms. The molecule has 2 aliphatic rings. The van der Waals surface area contributed by atoms with Crippen LogP contribution >= 0.6 is 0 Å². The van der Waals surface area contributed by atoms with Gasteiger partial charge in [-0.1, -0.05) is 48.5 Å². The fourth-order valence-electron chi connectivity index (χ4n) is 4.62. The Labute approximate surface area is 196 Å². The molecule has 2 amide bonds. The van der Waals surface area contributed by atoms with Gasteiger partial charge in [-0.25, -0.2) is 5.06 Å². The molecule has 2 aliphatic heterocycles. The SMILES string of the molecule is COc1cc([C@@H]2[C@@H]3C(=O)N(Cc4ccccc4)C(=O)[C@@H]3ON2c2ccccc2)cc(OC)c1O. The van der Waals surface area contributed by atoms with Crippen molar-refractivity contribution in [1.82, 2.24) is 4.90 Å². The second-order valence-electron chi connectivity index (χ2n) is 8.18. The van der Waals surface area contributed by atoms with Crippen molar-refractivity contribution in [3.63, 3.8) is 0 Å². The predicted octanol–water partition coefficient (Wildman–Crippen LogP) is 3.46. The number of para-hydroxylation sites is 1. The average Bonchev–Trinajstić information content (AvgIpc) is 3.37. The molecule has 174 valence electrons. The number of amides is 2. The second-order valence-corrected chi connectivity index (χ2v) is 8.18. The quantitative estimate of drug-likeness (QED) is 0.564. The van der Waals surface area contributed by atoms with Crippen LogP contribution in [-0.2, 0) is 21.0 Å². The zero-order valence-electron chi connectivity index (χ0n) is 18.8. The molecule has 8 nitrogen and oxygen atoms in total. The highest BCUT2D eigenvalue weighted by Crippen LogP contribution is 2.49. The number of phenolic OH excluding ortho intramolecular Hbond substituents is 1. The predicted molar refractivity (Wildman–Crippen MR) is 123 cm³/mol. The first kappa shape index (κ1) is 21.8. The van der Waals surface area contributed by atoms with Gasteiger partial charge in [0.25, 0.3) is 5.91 Å². The third kappa shape index (κ3) is 3.52. The lowest BCUT2D eigenvalue weighted by Gasteiger charge is -2.29. The summed E-state index contributed by atoms with van der Waals surface area (Å²) < 4.78 is 10.7. The molecular weight excluding hydrogens is 436 g/mol. The van der Waals surface area contributed by atoms with Crippen molar-refractivity contribution in [2.45, 2.75) is 18.7 Å². The molecular formula is C26H24N2O6. The van der Waals surface area contributed by atoms with Crippen molar-refractivity contribution in [3.8, 4) is 17.2 Å². The number of nitrogens with zero attached hydrogens (tertiary/aromatic N) is 2. The van der Waals surface area contributed by atoms with E-state index in [0.29, 0.717) is 11.3 Å². The van der Waals surface area contributed by atoms with Crippen LogP contribution in [0.3, 0.4) is 0 Å². The summed E-state index contributed by atoms with van der Waals surface area (Å²) in [4.78, 5) is 34.3. The van der Waals surface area contributed by atoms with Crippen LogP contribution in [-0.4, -0.2) is 42.1 Å². The van der Waals surface area contributed by atoms with Crippen LogP contribution in [0.4, 0.5) is 5.69 Å². The minimum absolute atomic E-state index is 0.144. The molecule has 0 saturated carbocycles. The number of aromatic hydroxyl groups is 1. The lowest BCUT2D eigenvalue weighted by Crippen LogP contribution is -2.37. The number of hydrogen-bond acceptors (Lipinski definition) is 7. The van der Waals surface area contributed by atoms with Crippen molar-refractivity contribution >= 4 is 17.5 Å². The van der Waals surface area contributed by atoms with E-state index in [1.165, 1.54) is 19.1 Å². The van der Waals surface area contributed by atoms with Crippen molar-refractivity contribution in [1.29, 1.82) is 0 Å². The van der Waals surface area contributed by atoms with Gasteiger partial charge >= 0.3 is 0 Å². The maximum atomic E-state index is 13.6. The van der Waals surface area contributed by atoms with Crippen LogP contribution < -0.4 is 14.5 Å². The summed E-state index contributed by atoms with van der Waals surface area (Å²) in [5.41, 5.74) is 2.17. The second kappa shape index (κ2) is 8.72. The number of anilines is 1. The Morgan fingerprint density at radius 2 is 1.47 bits per heavy atom. The van der Waals surface area contributed by atoms with E-state index in [0.717, 1.165) is 5.56 Å². The minimum Gasteiger partial charge on any atom is -0.502 e. The topological polar surface area (TPSA) is 88.5 Å². The molecule has 0 bridgehead atoms. The monoisotopic (exact) mass is 460 g/mol. The number of fused-ring (bicyclic) bond motifs is 1. The van der Waals surface area contributed by atoms with E-state index in [9.17, 15) is 14.7 Å². The minimum atomic E-state index is -0.966. The standard InChI is InChI=1S/C26H24N2O6/c1-32-19-13-17(14-20(33-2)23(19)29)22-21-24(34-28(22)18-11-7-4-8-12-18)26(31)27(25(21)30)15-16-9-5-3-6-10-16/h3-14,21-22,24,29H,15H2,1-2H3/t21-,22+,24+/m0/s1. The summed E-state index contributed by atoms with van der Waals surface area (Å²) in [5.74, 6) is -1.22. The van der Waals surface area contributed by atoms with E-state index in [2.05, 4.69) is 0 Å². The summed E-state index contributed by atoms with van der Waals surface area (Å²) in [6, 6.07) is 21.3. The first-order chi connectivity index (χ1) is 16.5. The molecule has 34 heavy (non-hydrogen) atoms. The van der Waals surface area contributed by atoms with Crippen LogP contribution in [0.5, 0.6) is 17.2 Å².